The molecule has 1 N–H and O–H groups in total. The van der Waals surface area contributed by atoms with E-state index < -0.39 is 0 Å². The lowest BCUT2D eigenvalue weighted by atomic mass is 10.1. The second-order valence-corrected chi connectivity index (χ2v) is 5.08. The van der Waals surface area contributed by atoms with Gasteiger partial charge in [-0.05, 0) is 18.6 Å². The number of aromatic nitrogens is 2. The molecule has 0 aliphatic carbocycles. The number of nitrogens with one attached hydrogen (secondary N) is 1. The summed E-state index contributed by atoms with van der Waals surface area (Å²) in [5, 5.41) is 3.26. The molecule has 1 aromatic carbocycles. The zero-order valence-electron chi connectivity index (χ0n) is 11.7. The van der Waals surface area contributed by atoms with Crippen molar-refractivity contribution in [2.75, 3.05) is 11.9 Å². The van der Waals surface area contributed by atoms with Crippen molar-refractivity contribution in [1.29, 1.82) is 0 Å². The summed E-state index contributed by atoms with van der Waals surface area (Å²) in [6.07, 6.45) is 5.01. The van der Waals surface area contributed by atoms with E-state index in [1.807, 2.05) is 25.1 Å². The molecule has 0 bridgehead atoms. The third kappa shape index (κ3) is 2.54. The zero-order chi connectivity index (χ0) is 13.9. The van der Waals surface area contributed by atoms with Crippen molar-refractivity contribution in [1.82, 2.24) is 9.55 Å². The maximum atomic E-state index is 5.98. The quantitative estimate of drug-likeness (QED) is 0.848. The van der Waals surface area contributed by atoms with Crippen molar-refractivity contribution in [3.05, 3.63) is 54.4 Å². The number of imidazole rings is 1. The van der Waals surface area contributed by atoms with Crippen LogP contribution in [0.4, 0.5) is 5.95 Å². The van der Waals surface area contributed by atoms with Gasteiger partial charge in [0.1, 0.15) is 11.9 Å². The van der Waals surface area contributed by atoms with E-state index in [2.05, 4.69) is 39.8 Å². The van der Waals surface area contributed by atoms with Gasteiger partial charge in [-0.25, -0.2) is 4.98 Å². The summed E-state index contributed by atoms with van der Waals surface area (Å²) in [6, 6.07) is 8.24. The SMILES string of the molecule is C=CCNc1nc(C)cn1CC1Cc2ccccc2O1. The minimum absolute atomic E-state index is 0.172. The smallest absolute Gasteiger partial charge is 0.203 e. The van der Waals surface area contributed by atoms with Crippen LogP contribution in [0.3, 0.4) is 0 Å². The first-order valence-electron chi connectivity index (χ1n) is 6.89. The summed E-state index contributed by atoms with van der Waals surface area (Å²) >= 11 is 0. The van der Waals surface area contributed by atoms with Gasteiger partial charge in [0.2, 0.25) is 5.95 Å². The molecule has 1 aliphatic rings. The zero-order valence-corrected chi connectivity index (χ0v) is 11.7. The van der Waals surface area contributed by atoms with Crippen molar-refractivity contribution in [3.63, 3.8) is 0 Å². The minimum Gasteiger partial charge on any atom is -0.488 e. The van der Waals surface area contributed by atoms with Gasteiger partial charge in [0.15, 0.2) is 0 Å². The number of hydrogen-bond acceptors (Lipinski definition) is 3. The molecule has 0 amide bonds. The Morgan fingerprint density at radius 3 is 3.15 bits per heavy atom. The molecule has 2 aromatic rings. The molecule has 3 rings (SSSR count). The van der Waals surface area contributed by atoms with Crippen LogP contribution in [0.5, 0.6) is 5.75 Å². The number of anilines is 1. The molecule has 0 saturated carbocycles. The van der Waals surface area contributed by atoms with Gasteiger partial charge in [0.25, 0.3) is 0 Å². The van der Waals surface area contributed by atoms with Crippen molar-refractivity contribution < 1.29 is 4.74 Å². The highest BCUT2D eigenvalue weighted by atomic mass is 16.5. The van der Waals surface area contributed by atoms with Gasteiger partial charge in [-0.15, -0.1) is 6.58 Å². The van der Waals surface area contributed by atoms with Crippen molar-refractivity contribution in [2.24, 2.45) is 0 Å². The van der Waals surface area contributed by atoms with E-state index in [-0.39, 0.29) is 6.10 Å². The lowest BCUT2D eigenvalue weighted by molar-refractivity contribution is 0.210. The van der Waals surface area contributed by atoms with Crippen LogP contribution in [0.1, 0.15) is 11.3 Å². The Morgan fingerprint density at radius 1 is 1.50 bits per heavy atom. The Labute approximate surface area is 119 Å². The third-order valence-electron chi connectivity index (χ3n) is 3.42. The molecule has 20 heavy (non-hydrogen) atoms. The number of nitrogens with zero attached hydrogens (tertiary/aromatic N) is 2. The topological polar surface area (TPSA) is 39.1 Å². The highest BCUT2D eigenvalue weighted by molar-refractivity contribution is 5.37. The molecule has 4 nitrogen and oxygen atoms in total. The van der Waals surface area contributed by atoms with E-state index >= 15 is 0 Å². The normalized spacial score (nSPS) is 16.6. The lowest BCUT2D eigenvalue weighted by Gasteiger charge is -2.14. The highest BCUT2D eigenvalue weighted by Gasteiger charge is 2.23. The number of aryl methyl sites for hydroxylation is 1. The summed E-state index contributed by atoms with van der Waals surface area (Å²) in [6.45, 7) is 7.23. The Balaban J connectivity index is 1.72. The lowest BCUT2D eigenvalue weighted by Crippen LogP contribution is -2.21. The number of rotatable bonds is 5. The van der Waals surface area contributed by atoms with E-state index in [0.717, 1.165) is 30.4 Å². The number of para-hydroxylation sites is 1. The Kier molecular flexibility index (Phi) is 3.46. The molecule has 0 saturated heterocycles. The van der Waals surface area contributed by atoms with Crippen molar-refractivity contribution in [2.45, 2.75) is 26.0 Å². The van der Waals surface area contributed by atoms with Gasteiger partial charge in [-0.2, -0.15) is 0 Å². The maximum absolute atomic E-state index is 5.98. The van der Waals surface area contributed by atoms with E-state index in [9.17, 15) is 0 Å². The molecule has 0 spiro atoms. The summed E-state index contributed by atoms with van der Waals surface area (Å²) in [5.41, 5.74) is 2.29. The first-order valence-corrected chi connectivity index (χ1v) is 6.89. The number of hydrogen-bond donors (Lipinski definition) is 1. The molecule has 0 radical (unpaired) electrons. The van der Waals surface area contributed by atoms with Crippen LogP contribution >= 0.6 is 0 Å². The fourth-order valence-electron chi connectivity index (χ4n) is 2.57. The van der Waals surface area contributed by atoms with Gasteiger partial charge in [0, 0.05) is 19.2 Å². The molecular weight excluding hydrogens is 250 g/mol. The summed E-state index contributed by atoms with van der Waals surface area (Å²) in [4.78, 5) is 4.49. The predicted octanol–water partition coefficient (Wildman–Crippen LogP) is 2.79. The molecule has 1 aromatic heterocycles. The monoisotopic (exact) mass is 269 g/mol. The minimum atomic E-state index is 0.172. The largest absolute Gasteiger partial charge is 0.488 e. The molecular formula is C16H19N3O. The van der Waals surface area contributed by atoms with Crippen molar-refractivity contribution in [3.8, 4) is 5.75 Å². The Morgan fingerprint density at radius 2 is 2.35 bits per heavy atom. The average Bonchev–Trinajstić information content (AvgIpc) is 2.99. The Hall–Kier alpha value is -2.23. The van der Waals surface area contributed by atoms with Crippen molar-refractivity contribution >= 4 is 5.95 Å². The van der Waals surface area contributed by atoms with Gasteiger partial charge in [-0.1, -0.05) is 24.3 Å². The molecule has 2 heterocycles. The first-order chi connectivity index (χ1) is 9.76. The summed E-state index contributed by atoms with van der Waals surface area (Å²) < 4.78 is 8.10. The van der Waals surface area contributed by atoms with Crippen LogP contribution in [-0.2, 0) is 13.0 Å². The van der Waals surface area contributed by atoms with Crippen LogP contribution in [0.15, 0.2) is 43.1 Å². The number of fused-ring (bicyclic) bond motifs is 1. The van der Waals surface area contributed by atoms with Gasteiger partial charge in [-0.3, -0.25) is 0 Å². The second-order valence-electron chi connectivity index (χ2n) is 5.08. The van der Waals surface area contributed by atoms with Crippen LogP contribution in [0.2, 0.25) is 0 Å². The molecule has 1 aliphatic heterocycles. The highest BCUT2D eigenvalue weighted by Crippen LogP contribution is 2.29. The van der Waals surface area contributed by atoms with E-state index in [1.165, 1.54) is 5.56 Å². The average molecular weight is 269 g/mol. The molecule has 1 unspecified atom stereocenters. The fraction of sp³-hybridized carbons (Fsp3) is 0.312. The van der Waals surface area contributed by atoms with Gasteiger partial charge < -0.3 is 14.6 Å². The third-order valence-corrected chi connectivity index (χ3v) is 3.42. The second kappa shape index (κ2) is 5.41. The van der Waals surface area contributed by atoms with Crippen LogP contribution in [0, 0.1) is 6.92 Å². The molecule has 4 heteroatoms. The molecule has 1 atom stereocenters. The fourth-order valence-corrected chi connectivity index (χ4v) is 2.57. The maximum Gasteiger partial charge on any atom is 0.203 e. The predicted molar refractivity (Wildman–Crippen MR) is 80.2 cm³/mol. The van der Waals surface area contributed by atoms with Gasteiger partial charge >= 0.3 is 0 Å². The summed E-state index contributed by atoms with van der Waals surface area (Å²) in [5.74, 6) is 1.89. The van der Waals surface area contributed by atoms with Crippen LogP contribution in [0.25, 0.3) is 0 Å². The Bertz CT molecular complexity index is 593. The summed E-state index contributed by atoms with van der Waals surface area (Å²) in [7, 11) is 0. The van der Waals surface area contributed by atoms with Crippen LogP contribution < -0.4 is 10.1 Å². The van der Waals surface area contributed by atoms with Gasteiger partial charge in [0.05, 0.1) is 12.2 Å². The van der Waals surface area contributed by atoms with E-state index in [4.69, 9.17) is 4.74 Å². The van der Waals surface area contributed by atoms with Crippen LogP contribution in [-0.4, -0.2) is 22.2 Å². The van der Waals surface area contributed by atoms with E-state index in [0.29, 0.717) is 6.54 Å². The van der Waals surface area contributed by atoms with E-state index in [1.54, 1.807) is 0 Å². The standard InChI is InChI=1S/C16H19N3O/c1-3-8-17-16-18-12(2)10-19(16)11-14-9-13-6-4-5-7-15(13)20-14/h3-7,10,14H,1,8-9,11H2,2H3,(H,17,18). The first kappa shape index (κ1) is 12.8. The number of ether oxygens (including phenoxy) is 1. The number of benzene rings is 1. The molecule has 104 valence electrons. The molecule has 0 fully saturated rings.